The van der Waals surface area contributed by atoms with Crippen LogP contribution in [0.25, 0.3) is 4.72 Å². The van der Waals surface area contributed by atoms with Crippen molar-refractivity contribution in [1.82, 2.24) is 0 Å². The summed E-state index contributed by atoms with van der Waals surface area (Å²) >= 11 is 0. The fraction of sp³-hybridized carbons (Fsp3) is 0.364. The zero-order chi connectivity index (χ0) is 13.3. The number of benzene rings is 1. The Bertz CT molecular complexity index is 571. The van der Waals surface area contributed by atoms with Crippen molar-refractivity contribution in [2.75, 3.05) is 5.73 Å². The molecule has 0 aromatic heterocycles. The van der Waals surface area contributed by atoms with Crippen LogP contribution in [-0.2, 0) is 14.9 Å². The number of nitrogen functional groups attached to an aromatic ring is 1. The summed E-state index contributed by atoms with van der Waals surface area (Å²) in [5, 5.41) is 3.73. The van der Waals surface area contributed by atoms with Crippen LogP contribution < -0.4 is 35.3 Å². The first kappa shape index (κ1) is 16.5. The van der Waals surface area contributed by atoms with Gasteiger partial charge in [0, 0.05) is 16.5 Å². The van der Waals surface area contributed by atoms with Gasteiger partial charge in [0.1, 0.15) is 10.0 Å². The largest absolute Gasteiger partial charge is 1.00 e. The number of nitrogens with zero attached hydrogens (tertiary/aromatic N) is 2. The summed E-state index contributed by atoms with van der Waals surface area (Å²) in [5.74, 6) is -0.145. The summed E-state index contributed by atoms with van der Waals surface area (Å²) in [6.07, 6.45) is -0.785. The molecular weight excluding hydrogens is 277 g/mol. The molecule has 0 bridgehead atoms. The predicted octanol–water partition coefficient (Wildman–Crippen LogP) is -1.30. The van der Waals surface area contributed by atoms with E-state index in [9.17, 15) is 8.42 Å². The predicted molar refractivity (Wildman–Crippen MR) is 68.5 cm³/mol. The van der Waals surface area contributed by atoms with Gasteiger partial charge in [0.2, 0.25) is 0 Å². The summed E-state index contributed by atoms with van der Waals surface area (Å²) in [7, 11) is -3.75. The molecule has 0 aliphatic carbocycles. The van der Waals surface area contributed by atoms with Crippen LogP contribution in [0.2, 0.25) is 0 Å². The topological polar surface area (TPSA) is 95.8 Å². The minimum absolute atomic E-state index is 0. The number of sulfonamides is 1. The summed E-state index contributed by atoms with van der Waals surface area (Å²) in [6, 6.07) is 5.87. The Hall–Kier alpha value is -0.600. The molecular formula is C11H14N3NaO3S. The standard InChI is InChI=1S/C11H14N3O3S.Na/c1-7-8(2)13-17-11(7)14-18(15,16)10-5-3-9(12)4-6-10;/h3-7,11H,12H2,1-2H3;/q-1;+1. The fourth-order valence-corrected chi connectivity index (χ4v) is 2.56. The van der Waals surface area contributed by atoms with E-state index in [-0.39, 0.29) is 40.4 Å². The third-order valence-corrected chi connectivity index (χ3v) is 4.17. The molecule has 6 nitrogen and oxygen atoms in total. The number of rotatable bonds is 3. The van der Waals surface area contributed by atoms with Crippen LogP contribution in [0, 0.1) is 5.92 Å². The first-order valence-corrected chi connectivity index (χ1v) is 6.87. The van der Waals surface area contributed by atoms with Crippen LogP contribution in [0.5, 0.6) is 0 Å². The van der Waals surface area contributed by atoms with Crippen molar-refractivity contribution in [3.05, 3.63) is 29.0 Å². The zero-order valence-electron chi connectivity index (χ0n) is 11.1. The van der Waals surface area contributed by atoms with Gasteiger partial charge < -0.3 is 15.3 Å². The Morgan fingerprint density at radius 3 is 2.37 bits per heavy atom. The van der Waals surface area contributed by atoms with Crippen molar-refractivity contribution in [2.24, 2.45) is 11.1 Å². The minimum atomic E-state index is -3.75. The van der Waals surface area contributed by atoms with E-state index < -0.39 is 16.3 Å². The molecule has 19 heavy (non-hydrogen) atoms. The van der Waals surface area contributed by atoms with E-state index in [1.807, 2.05) is 6.92 Å². The van der Waals surface area contributed by atoms with E-state index in [1.54, 1.807) is 6.92 Å². The molecule has 0 radical (unpaired) electrons. The average molecular weight is 291 g/mol. The molecule has 2 atom stereocenters. The molecule has 98 valence electrons. The third kappa shape index (κ3) is 3.70. The molecule has 0 fully saturated rings. The number of hydrogen-bond donors (Lipinski definition) is 1. The molecule has 2 N–H and O–H groups in total. The van der Waals surface area contributed by atoms with Gasteiger partial charge in [0.05, 0.1) is 11.9 Å². The van der Waals surface area contributed by atoms with Crippen molar-refractivity contribution in [1.29, 1.82) is 0 Å². The zero-order valence-corrected chi connectivity index (χ0v) is 13.9. The van der Waals surface area contributed by atoms with Crippen LogP contribution in [-0.4, -0.2) is 20.4 Å². The van der Waals surface area contributed by atoms with Gasteiger partial charge in [-0.2, -0.15) is 0 Å². The van der Waals surface area contributed by atoms with Crippen molar-refractivity contribution < 1.29 is 42.8 Å². The van der Waals surface area contributed by atoms with Crippen LogP contribution in [0.3, 0.4) is 0 Å². The number of oxime groups is 1. The molecule has 8 heteroatoms. The summed E-state index contributed by atoms with van der Waals surface area (Å²) < 4.78 is 27.8. The van der Waals surface area contributed by atoms with Gasteiger partial charge in [-0.1, -0.05) is 12.1 Å². The molecule has 1 heterocycles. The van der Waals surface area contributed by atoms with Gasteiger partial charge in [-0.3, -0.25) is 0 Å². The van der Waals surface area contributed by atoms with Crippen LogP contribution in [0.4, 0.5) is 5.69 Å². The van der Waals surface area contributed by atoms with E-state index in [0.717, 1.165) is 5.71 Å². The number of hydrogen-bond acceptors (Lipinski definition) is 5. The van der Waals surface area contributed by atoms with Crippen LogP contribution in [0.1, 0.15) is 13.8 Å². The normalized spacial score (nSPS) is 22.3. The van der Waals surface area contributed by atoms with E-state index in [4.69, 9.17) is 10.6 Å². The number of nitrogens with two attached hydrogens (primary N) is 1. The molecule has 1 aromatic carbocycles. The maximum atomic E-state index is 12.0. The quantitative estimate of drug-likeness (QED) is 0.553. The van der Waals surface area contributed by atoms with Gasteiger partial charge in [-0.15, -0.1) is 0 Å². The molecule has 0 saturated carbocycles. The Labute approximate surface area is 134 Å². The molecule has 0 amide bonds. The van der Waals surface area contributed by atoms with Gasteiger partial charge in [0.15, 0.2) is 0 Å². The Morgan fingerprint density at radius 2 is 1.89 bits per heavy atom. The summed E-state index contributed by atoms with van der Waals surface area (Å²) in [4.78, 5) is 5.07. The average Bonchev–Trinajstić information content (AvgIpc) is 2.61. The van der Waals surface area contributed by atoms with Crippen molar-refractivity contribution in [2.45, 2.75) is 25.0 Å². The fourth-order valence-electron chi connectivity index (χ4n) is 1.47. The van der Waals surface area contributed by atoms with Crippen LogP contribution >= 0.6 is 0 Å². The summed E-state index contributed by atoms with van der Waals surface area (Å²) in [5.41, 5.74) is 6.74. The SMILES string of the molecule is CC1=NOC([N-]S(=O)(=O)c2ccc(N)cc2)C1C.[Na+]. The van der Waals surface area contributed by atoms with Gasteiger partial charge in [-0.25, -0.2) is 8.42 Å². The van der Waals surface area contributed by atoms with Gasteiger partial charge >= 0.3 is 29.6 Å². The maximum absolute atomic E-state index is 12.0. The summed E-state index contributed by atoms with van der Waals surface area (Å²) in [6.45, 7) is 3.59. The Morgan fingerprint density at radius 1 is 1.32 bits per heavy atom. The molecule has 1 aromatic rings. The van der Waals surface area contributed by atoms with E-state index >= 15 is 0 Å². The molecule has 1 aliphatic heterocycles. The smallest absolute Gasteiger partial charge is 0.506 e. The molecule has 2 unspecified atom stereocenters. The van der Waals surface area contributed by atoms with Crippen molar-refractivity contribution in [3.63, 3.8) is 0 Å². The van der Waals surface area contributed by atoms with E-state index in [1.165, 1.54) is 24.3 Å². The second-order valence-corrected chi connectivity index (χ2v) is 5.80. The van der Waals surface area contributed by atoms with E-state index in [2.05, 4.69) is 9.88 Å². The minimum Gasteiger partial charge on any atom is -0.506 e. The second kappa shape index (κ2) is 6.23. The van der Waals surface area contributed by atoms with Crippen molar-refractivity contribution >= 4 is 21.4 Å². The molecule has 0 spiro atoms. The van der Waals surface area contributed by atoms with E-state index in [0.29, 0.717) is 5.69 Å². The molecule has 1 aliphatic rings. The van der Waals surface area contributed by atoms with Crippen LogP contribution in [0.15, 0.2) is 34.3 Å². The second-order valence-electron chi connectivity index (χ2n) is 4.17. The third-order valence-electron chi connectivity index (χ3n) is 2.81. The Balaban J connectivity index is 0.00000180. The first-order valence-electron chi connectivity index (χ1n) is 5.43. The van der Waals surface area contributed by atoms with Gasteiger partial charge in [0.25, 0.3) is 0 Å². The maximum Gasteiger partial charge on any atom is 1.00 e. The Kier molecular flexibility index (Phi) is 5.40. The first-order chi connectivity index (χ1) is 8.40. The van der Waals surface area contributed by atoms with Crippen molar-refractivity contribution in [3.8, 4) is 0 Å². The monoisotopic (exact) mass is 291 g/mol. The molecule has 2 rings (SSSR count). The van der Waals surface area contributed by atoms with Gasteiger partial charge in [-0.05, 0) is 31.2 Å². The number of anilines is 1. The molecule has 0 saturated heterocycles.